The van der Waals surface area contributed by atoms with E-state index in [1.54, 1.807) is 6.07 Å². The fourth-order valence-electron chi connectivity index (χ4n) is 3.39. The molecule has 0 saturated carbocycles. The number of hydrogen-bond acceptors (Lipinski definition) is 3. The normalized spacial score (nSPS) is 16.6. The van der Waals surface area contributed by atoms with Gasteiger partial charge in [-0.3, -0.25) is 9.69 Å². The zero-order valence-corrected chi connectivity index (χ0v) is 15.6. The van der Waals surface area contributed by atoms with E-state index in [1.165, 1.54) is 31.2 Å². The number of hydrogen-bond donors (Lipinski definition) is 1. The highest BCUT2D eigenvalue weighted by atomic mass is 16.1. The van der Waals surface area contributed by atoms with Gasteiger partial charge >= 0.3 is 0 Å². The molecule has 4 nitrogen and oxygen atoms in total. The minimum Gasteiger partial charge on any atom is -0.307 e. The van der Waals surface area contributed by atoms with Crippen LogP contribution in [0.15, 0.2) is 35.1 Å². The third kappa shape index (κ3) is 4.57. The molecule has 134 valence electrons. The second kappa shape index (κ2) is 7.52. The van der Waals surface area contributed by atoms with Crippen LogP contribution in [-0.4, -0.2) is 28.0 Å². The molecule has 0 bridgehead atoms. The lowest BCUT2D eigenvalue weighted by Gasteiger charge is -2.22. The van der Waals surface area contributed by atoms with E-state index in [0.717, 1.165) is 30.9 Å². The predicted molar refractivity (Wildman–Crippen MR) is 103 cm³/mol. The molecule has 0 amide bonds. The largest absolute Gasteiger partial charge is 0.307 e. The van der Waals surface area contributed by atoms with E-state index in [4.69, 9.17) is 4.98 Å². The summed E-state index contributed by atoms with van der Waals surface area (Å²) in [5.74, 6) is 0.683. The Hall–Kier alpha value is -1.94. The van der Waals surface area contributed by atoms with Crippen LogP contribution in [0.1, 0.15) is 57.7 Å². The summed E-state index contributed by atoms with van der Waals surface area (Å²) in [5.41, 5.74) is 2.87. The molecule has 0 spiro atoms. The van der Waals surface area contributed by atoms with Gasteiger partial charge in [-0.05, 0) is 31.5 Å². The quantitative estimate of drug-likeness (QED) is 0.915. The maximum atomic E-state index is 12.2. The Morgan fingerprint density at radius 2 is 1.76 bits per heavy atom. The first kappa shape index (κ1) is 17.9. The molecule has 3 rings (SSSR count). The minimum atomic E-state index is -0.150. The molecule has 1 aromatic carbocycles. The number of likely N-dealkylation sites (tertiary alicyclic amines) is 1. The molecule has 1 saturated heterocycles. The fraction of sp³-hybridized carbons (Fsp3) is 0.524. The number of nitrogens with one attached hydrogen (secondary N) is 1. The Morgan fingerprint density at radius 3 is 2.44 bits per heavy atom. The van der Waals surface area contributed by atoms with Crippen molar-refractivity contribution in [2.24, 2.45) is 0 Å². The monoisotopic (exact) mass is 339 g/mol. The molecule has 1 N–H and O–H groups in total. The van der Waals surface area contributed by atoms with Gasteiger partial charge in [0.1, 0.15) is 5.82 Å². The van der Waals surface area contributed by atoms with E-state index < -0.39 is 0 Å². The summed E-state index contributed by atoms with van der Waals surface area (Å²) in [6.07, 6.45) is 5.22. The average Bonchev–Trinajstić information content (AvgIpc) is 2.83. The first-order chi connectivity index (χ1) is 11.9. The summed E-state index contributed by atoms with van der Waals surface area (Å²) >= 11 is 0. The molecule has 1 fully saturated rings. The molecule has 1 aliphatic heterocycles. The molecule has 0 unspecified atom stereocenters. The van der Waals surface area contributed by atoms with Crippen LogP contribution in [0.25, 0.3) is 11.4 Å². The Balaban J connectivity index is 1.95. The third-order valence-corrected chi connectivity index (χ3v) is 4.88. The van der Waals surface area contributed by atoms with E-state index in [1.807, 2.05) is 6.07 Å². The van der Waals surface area contributed by atoms with Crippen molar-refractivity contribution in [2.75, 3.05) is 13.1 Å². The first-order valence-corrected chi connectivity index (χ1v) is 9.36. The second-order valence-corrected chi connectivity index (χ2v) is 8.08. The Kier molecular flexibility index (Phi) is 5.38. The number of benzene rings is 1. The molecular weight excluding hydrogens is 310 g/mol. The Morgan fingerprint density at radius 1 is 1.08 bits per heavy atom. The Labute approximate surface area is 150 Å². The molecule has 1 aliphatic rings. The third-order valence-electron chi connectivity index (χ3n) is 4.88. The SMILES string of the molecule is CC(C)(C)c1cc(=O)[nH]c(-c2ccccc2CN2CCCCCC2)n1. The summed E-state index contributed by atoms with van der Waals surface area (Å²) in [4.78, 5) is 22.4. The van der Waals surface area contributed by atoms with E-state index in [9.17, 15) is 4.79 Å². The van der Waals surface area contributed by atoms with Crippen LogP contribution in [0, 0.1) is 0 Å². The summed E-state index contributed by atoms with van der Waals surface area (Å²) in [6.45, 7) is 9.48. The summed E-state index contributed by atoms with van der Waals surface area (Å²) in [5, 5.41) is 0. The van der Waals surface area contributed by atoms with Gasteiger partial charge in [-0.15, -0.1) is 0 Å². The topological polar surface area (TPSA) is 49.0 Å². The number of rotatable bonds is 3. The van der Waals surface area contributed by atoms with E-state index in [0.29, 0.717) is 5.82 Å². The maximum absolute atomic E-state index is 12.2. The van der Waals surface area contributed by atoms with E-state index in [2.05, 4.69) is 48.9 Å². The second-order valence-electron chi connectivity index (χ2n) is 8.08. The maximum Gasteiger partial charge on any atom is 0.251 e. The van der Waals surface area contributed by atoms with Gasteiger partial charge < -0.3 is 4.98 Å². The average molecular weight is 339 g/mol. The van der Waals surface area contributed by atoms with E-state index in [-0.39, 0.29) is 11.0 Å². The number of H-pyrrole nitrogens is 1. The lowest BCUT2D eigenvalue weighted by molar-refractivity contribution is 0.277. The van der Waals surface area contributed by atoms with Gasteiger partial charge in [0.2, 0.25) is 0 Å². The number of aromatic nitrogens is 2. The summed E-state index contributed by atoms with van der Waals surface area (Å²) < 4.78 is 0. The summed E-state index contributed by atoms with van der Waals surface area (Å²) in [6, 6.07) is 9.93. The number of nitrogens with zero attached hydrogens (tertiary/aromatic N) is 2. The van der Waals surface area contributed by atoms with Gasteiger partial charge in [-0.25, -0.2) is 4.98 Å². The van der Waals surface area contributed by atoms with Crippen molar-refractivity contribution in [1.82, 2.24) is 14.9 Å². The van der Waals surface area contributed by atoms with Crippen LogP contribution < -0.4 is 5.56 Å². The van der Waals surface area contributed by atoms with Crippen LogP contribution in [0.5, 0.6) is 0 Å². The molecule has 0 radical (unpaired) electrons. The van der Waals surface area contributed by atoms with Crippen molar-refractivity contribution in [3.63, 3.8) is 0 Å². The minimum absolute atomic E-state index is 0.0838. The lowest BCUT2D eigenvalue weighted by atomic mass is 9.92. The standard InChI is InChI=1S/C21H29N3O/c1-21(2,3)18-14-19(25)23-20(22-18)17-11-7-6-10-16(17)15-24-12-8-4-5-9-13-24/h6-7,10-11,14H,4-5,8-9,12-13,15H2,1-3H3,(H,22,23,25). The van der Waals surface area contributed by atoms with Gasteiger partial charge in [0, 0.05) is 23.6 Å². The van der Waals surface area contributed by atoms with Crippen LogP contribution in [-0.2, 0) is 12.0 Å². The predicted octanol–water partition coefficient (Wildman–Crippen LogP) is 4.11. The van der Waals surface area contributed by atoms with Crippen molar-refractivity contribution in [3.8, 4) is 11.4 Å². The molecule has 2 heterocycles. The zero-order valence-electron chi connectivity index (χ0n) is 15.6. The van der Waals surface area contributed by atoms with Gasteiger partial charge in [0.15, 0.2) is 0 Å². The smallest absolute Gasteiger partial charge is 0.251 e. The van der Waals surface area contributed by atoms with E-state index >= 15 is 0 Å². The highest BCUT2D eigenvalue weighted by Gasteiger charge is 2.19. The Bertz CT molecular complexity index is 765. The molecule has 0 atom stereocenters. The van der Waals surface area contributed by atoms with Gasteiger partial charge in [0.25, 0.3) is 5.56 Å². The summed E-state index contributed by atoms with van der Waals surface area (Å²) in [7, 11) is 0. The van der Waals surface area contributed by atoms with Crippen molar-refractivity contribution < 1.29 is 0 Å². The van der Waals surface area contributed by atoms with Gasteiger partial charge in [-0.1, -0.05) is 57.9 Å². The highest BCUT2D eigenvalue weighted by Crippen LogP contribution is 2.25. The van der Waals surface area contributed by atoms with Crippen LogP contribution in [0.4, 0.5) is 0 Å². The first-order valence-electron chi connectivity index (χ1n) is 9.36. The van der Waals surface area contributed by atoms with Gasteiger partial charge in [-0.2, -0.15) is 0 Å². The lowest BCUT2D eigenvalue weighted by Crippen LogP contribution is -2.24. The van der Waals surface area contributed by atoms with Crippen LogP contribution in [0.2, 0.25) is 0 Å². The van der Waals surface area contributed by atoms with Crippen molar-refractivity contribution >= 4 is 0 Å². The molecule has 1 aromatic heterocycles. The van der Waals surface area contributed by atoms with Crippen molar-refractivity contribution in [3.05, 3.63) is 51.9 Å². The molecule has 0 aliphatic carbocycles. The molecular formula is C21H29N3O. The fourth-order valence-corrected chi connectivity index (χ4v) is 3.39. The molecule has 4 heteroatoms. The molecule has 25 heavy (non-hydrogen) atoms. The highest BCUT2D eigenvalue weighted by molar-refractivity contribution is 5.60. The number of aromatic amines is 1. The van der Waals surface area contributed by atoms with Gasteiger partial charge in [0.05, 0.1) is 5.69 Å². The molecule has 2 aromatic rings. The van der Waals surface area contributed by atoms with Crippen LogP contribution in [0.3, 0.4) is 0 Å². The zero-order chi connectivity index (χ0) is 17.9. The van der Waals surface area contributed by atoms with Crippen LogP contribution >= 0.6 is 0 Å². The van der Waals surface area contributed by atoms with Crippen molar-refractivity contribution in [1.29, 1.82) is 0 Å². The van der Waals surface area contributed by atoms with Crippen molar-refractivity contribution in [2.45, 2.75) is 58.4 Å².